The Morgan fingerprint density at radius 3 is 2.57 bits per heavy atom. The predicted molar refractivity (Wildman–Crippen MR) is 261 cm³/mol. The van der Waals surface area contributed by atoms with Crippen molar-refractivity contribution in [3.05, 3.63) is 99.7 Å². The van der Waals surface area contributed by atoms with Crippen LogP contribution in [0.2, 0.25) is 0 Å². The van der Waals surface area contributed by atoms with Gasteiger partial charge in [-0.2, -0.15) is 4.98 Å². The van der Waals surface area contributed by atoms with Gasteiger partial charge in [-0.05, 0) is 97.9 Å². The number of rotatable bonds is 10. The molecule has 3 aromatic carbocycles. The summed E-state index contributed by atoms with van der Waals surface area (Å²) in [6.07, 6.45) is 7.85. The topological polar surface area (TPSA) is 203 Å². The zero-order valence-corrected chi connectivity index (χ0v) is 40.1. The van der Waals surface area contributed by atoms with Gasteiger partial charge in [0.25, 0.3) is 21.6 Å². The molecule has 5 aromatic rings. The van der Waals surface area contributed by atoms with Gasteiger partial charge in [-0.15, -0.1) is 0 Å². The number of carbonyl (C=O) groups is 1. The number of aromatic nitrogens is 2. The van der Waals surface area contributed by atoms with Gasteiger partial charge in [0.2, 0.25) is 5.88 Å². The molecule has 18 nitrogen and oxygen atoms in total. The van der Waals surface area contributed by atoms with E-state index in [-0.39, 0.29) is 41.7 Å². The Balaban J connectivity index is 0.831. The van der Waals surface area contributed by atoms with Crippen LogP contribution in [-0.2, 0) is 24.2 Å². The summed E-state index contributed by atoms with van der Waals surface area (Å²) in [6, 6.07) is 20.7. The van der Waals surface area contributed by atoms with Gasteiger partial charge in [0.05, 0.1) is 66.2 Å². The van der Waals surface area contributed by atoms with Crippen LogP contribution in [0.25, 0.3) is 11.0 Å². The molecule has 1 amide bonds. The maximum atomic E-state index is 14.7. The molecule has 8 heterocycles. The molecule has 3 N–H and O–H groups in total. The number of sulfonamides is 1. The molecule has 7 aliphatic rings. The summed E-state index contributed by atoms with van der Waals surface area (Å²) in [4.78, 5) is 41.1. The first-order valence-electron chi connectivity index (χ1n) is 24.7. The molecule has 1 saturated carbocycles. The number of likely N-dealkylation sites (tertiary alicyclic amines) is 1. The Morgan fingerprint density at radius 1 is 0.943 bits per heavy atom. The number of aromatic amines is 1. The Labute approximate surface area is 406 Å². The van der Waals surface area contributed by atoms with E-state index in [4.69, 9.17) is 28.7 Å². The van der Waals surface area contributed by atoms with Crippen molar-refractivity contribution in [2.45, 2.75) is 99.6 Å². The number of amides is 1. The summed E-state index contributed by atoms with van der Waals surface area (Å²) in [6.45, 7) is 9.12. The summed E-state index contributed by atoms with van der Waals surface area (Å²) in [5, 5.41) is 16.4. The van der Waals surface area contributed by atoms with Gasteiger partial charge in [-0.25, -0.2) is 13.1 Å². The van der Waals surface area contributed by atoms with E-state index >= 15 is 0 Å². The first-order valence-corrected chi connectivity index (χ1v) is 26.1. The normalized spacial score (nSPS) is 25.4. The standard InChI is InChI=1S/C51H58N8O10S/c1-30(2)35-6-3-4-7-36(35)39-8-5-15-57(39)33-24-51(25-33)12-16-56(17-13-51)32-9-10-37(40(21-32)58-42-20-31-11-14-52-48(31)54-50(42)69-46-29-66-27-43(46)58)49(60)55-70(63,64)34-22-41(59(61)62)47-44(23-34)68-26-38(53-47)45-28-65-18-19-67-45/h3-4,6-7,9-11,14,20-23,30,33,38-39,43,45-46,53H,5,8,12-13,15-19,24-29H2,1-2H3,(H,52,54)(H,55,60)/t38-,39-,43+,45+,46+/m0/s1. The van der Waals surface area contributed by atoms with Crippen LogP contribution in [0.15, 0.2) is 77.8 Å². The number of benzene rings is 3. The number of fused-ring (bicyclic) bond motifs is 4. The van der Waals surface area contributed by atoms with Crippen molar-refractivity contribution in [1.29, 1.82) is 0 Å². The van der Waals surface area contributed by atoms with Gasteiger partial charge in [0, 0.05) is 54.6 Å². The molecule has 0 bridgehead atoms. The van der Waals surface area contributed by atoms with E-state index < -0.39 is 49.7 Å². The molecule has 1 spiro atoms. The van der Waals surface area contributed by atoms with Gasteiger partial charge in [-0.3, -0.25) is 19.8 Å². The number of ether oxygens (including phenoxy) is 5. The summed E-state index contributed by atoms with van der Waals surface area (Å²) in [5.41, 5.74) is 5.43. The number of piperidine rings is 1. The van der Waals surface area contributed by atoms with Crippen LogP contribution in [0.5, 0.6) is 11.6 Å². The van der Waals surface area contributed by atoms with Crippen LogP contribution in [0, 0.1) is 15.5 Å². The van der Waals surface area contributed by atoms with Gasteiger partial charge in [0.1, 0.15) is 30.1 Å². The zero-order valence-electron chi connectivity index (χ0n) is 39.3. The quantitative estimate of drug-likeness (QED) is 0.0937. The van der Waals surface area contributed by atoms with Gasteiger partial charge in [-0.1, -0.05) is 38.1 Å². The molecule has 70 heavy (non-hydrogen) atoms. The fourth-order valence-corrected chi connectivity index (χ4v) is 13.3. The highest BCUT2D eigenvalue weighted by Crippen LogP contribution is 2.55. The number of H-pyrrole nitrogens is 1. The maximum absolute atomic E-state index is 14.7. The number of nitrogens with zero attached hydrogens (tertiary/aromatic N) is 5. The Bertz CT molecular complexity index is 2960. The van der Waals surface area contributed by atoms with Gasteiger partial charge < -0.3 is 43.8 Å². The minimum atomic E-state index is -4.71. The lowest BCUT2D eigenvalue weighted by Crippen LogP contribution is -2.55. The maximum Gasteiger partial charge on any atom is 0.297 e. The summed E-state index contributed by atoms with van der Waals surface area (Å²) in [7, 11) is -4.71. The Morgan fingerprint density at radius 2 is 1.77 bits per heavy atom. The zero-order chi connectivity index (χ0) is 47.9. The third-order valence-corrected chi connectivity index (χ3v) is 17.2. The first-order chi connectivity index (χ1) is 33.9. The van der Waals surface area contributed by atoms with E-state index in [1.54, 1.807) is 12.3 Å². The van der Waals surface area contributed by atoms with Crippen LogP contribution in [0.1, 0.15) is 85.8 Å². The van der Waals surface area contributed by atoms with E-state index in [2.05, 4.69) is 62.9 Å². The van der Waals surface area contributed by atoms with Gasteiger partial charge >= 0.3 is 0 Å². The van der Waals surface area contributed by atoms with Crippen LogP contribution >= 0.6 is 0 Å². The summed E-state index contributed by atoms with van der Waals surface area (Å²) >= 11 is 0. The van der Waals surface area contributed by atoms with Crippen LogP contribution in [0.3, 0.4) is 0 Å². The second-order valence-corrected chi connectivity index (χ2v) is 22.0. The van der Waals surface area contributed by atoms with E-state index in [0.717, 1.165) is 49.6 Å². The highest BCUT2D eigenvalue weighted by atomic mass is 32.2. The lowest BCUT2D eigenvalue weighted by atomic mass is 9.59. The SMILES string of the molecule is CC(C)c1ccccc1[C@@H]1CCCN1C1CC2(CCN(c3ccc(C(=O)NS(=O)(=O)c4cc5c(c([N+](=O)[O-])c4)N[C@H]([C@H]4COCCO4)CO5)c(N4c5cc6cc[nH]c6nc5O[C@@H]5COC[C@H]54)c3)CC2)C1. The molecule has 5 fully saturated rings. The van der Waals surface area contributed by atoms with E-state index in [1.165, 1.54) is 42.9 Å². The van der Waals surface area contributed by atoms with Crippen molar-refractivity contribution in [1.82, 2.24) is 19.6 Å². The number of anilines is 4. The number of hydrogen-bond donors (Lipinski definition) is 3. The van der Waals surface area contributed by atoms with Crippen molar-refractivity contribution < 1.29 is 41.8 Å². The molecular formula is C51H58N8O10S. The number of nitro groups is 1. The number of nitro benzene ring substituents is 1. The molecule has 0 unspecified atom stereocenters. The van der Waals surface area contributed by atoms with Crippen molar-refractivity contribution in [2.75, 3.05) is 74.4 Å². The minimum Gasteiger partial charge on any atom is -0.489 e. The molecule has 368 valence electrons. The number of carbonyl (C=O) groups excluding carboxylic acids is 1. The molecule has 1 aliphatic carbocycles. The van der Waals surface area contributed by atoms with Crippen molar-refractivity contribution in [2.24, 2.45) is 5.41 Å². The summed E-state index contributed by atoms with van der Waals surface area (Å²) < 4.78 is 60.5. The van der Waals surface area contributed by atoms with Crippen LogP contribution in [-0.4, -0.2) is 124 Å². The monoisotopic (exact) mass is 974 g/mol. The van der Waals surface area contributed by atoms with Gasteiger partial charge in [0.15, 0.2) is 11.4 Å². The van der Waals surface area contributed by atoms with E-state index in [1.807, 2.05) is 29.2 Å². The second kappa shape index (κ2) is 17.7. The lowest BCUT2D eigenvalue weighted by molar-refractivity contribution is -0.384. The largest absolute Gasteiger partial charge is 0.489 e. The minimum absolute atomic E-state index is 0.0206. The third kappa shape index (κ3) is 7.99. The summed E-state index contributed by atoms with van der Waals surface area (Å²) in [5.74, 6) is -0.103. The smallest absolute Gasteiger partial charge is 0.297 e. The molecule has 5 atom stereocenters. The number of hydrogen-bond acceptors (Lipinski definition) is 15. The second-order valence-electron chi connectivity index (χ2n) is 20.3. The van der Waals surface area contributed by atoms with E-state index in [9.17, 15) is 23.3 Å². The molecule has 19 heteroatoms. The molecule has 4 saturated heterocycles. The average Bonchev–Trinajstić information content (AvgIpc) is 4.16. The van der Waals surface area contributed by atoms with E-state index in [0.29, 0.717) is 67.3 Å². The first kappa shape index (κ1) is 45.2. The fraction of sp³-hybridized carbons (Fsp3) is 0.490. The van der Waals surface area contributed by atoms with Crippen molar-refractivity contribution >= 4 is 55.4 Å². The van der Waals surface area contributed by atoms with Crippen molar-refractivity contribution in [3.8, 4) is 11.6 Å². The number of pyridine rings is 1. The van der Waals surface area contributed by atoms with Crippen LogP contribution < -0.4 is 29.3 Å². The average molecular weight is 975 g/mol. The molecule has 12 rings (SSSR count). The number of nitrogens with one attached hydrogen (secondary N) is 3. The Hall–Kier alpha value is -5.99. The lowest BCUT2D eigenvalue weighted by Gasteiger charge is -2.56. The molecule has 2 aromatic heterocycles. The molecular weight excluding hydrogens is 917 g/mol. The fourth-order valence-electron chi connectivity index (χ4n) is 12.3. The van der Waals surface area contributed by atoms with Crippen LogP contribution in [0.4, 0.5) is 28.4 Å². The highest BCUT2D eigenvalue weighted by Gasteiger charge is 2.50. The Kier molecular flexibility index (Phi) is 11.4. The highest BCUT2D eigenvalue weighted by molar-refractivity contribution is 7.90. The molecule has 0 radical (unpaired) electrons. The third-order valence-electron chi connectivity index (χ3n) is 15.9. The molecule has 6 aliphatic heterocycles. The predicted octanol–water partition coefficient (Wildman–Crippen LogP) is 7.19. The van der Waals surface area contributed by atoms with Crippen molar-refractivity contribution in [3.63, 3.8) is 0 Å².